The first-order valence-electron chi connectivity index (χ1n) is 1.86. The van der Waals surface area contributed by atoms with Crippen LogP contribution in [0, 0.1) is 20.8 Å². The summed E-state index contributed by atoms with van der Waals surface area (Å²) in [6.45, 7) is 0. The summed E-state index contributed by atoms with van der Waals surface area (Å²) < 4.78 is 0. The summed E-state index contributed by atoms with van der Waals surface area (Å²) in [6.07, 6.45) is 0. The van der Waals surface area contributed by atoms with E-state index in [0.29, 0.717) is 0 Å². The van der Waals surface area contributed by atoms with E-state index in [1.807, 2.05) is 0 Å². The molecule has 10 heteroatoms. The second-order valence-electron chi connectivity index (χ2n) is 1.11. The van der Waals surface area contributed by atoms with Gasteiger partial charge in [0.05, 0.1) is 0 Å². The smallest absolute Gasteiger partial charge is 0.155 e. The maximum absolute atomic E-state index is 9.93. The molecule has 60 valence electrons. The van der Waals surface area contributed by atoms with E-state index in [1.54, 1.807) is 0 Å². The van der Waals surface area contributed by atoms with Gasteiger partial charge >= 0.3 is 0 Å². The van der Waals surface area contributed by atoms with E-state index in [9.17, 15) is 20.8 Å². The number of rotatable bonds is 0. The van der Waals surface area contributed by atoms with E-state index in [2.05, 4.69) is 9.88 Å². The number of hydrogen-bond acceptors (Lipinski definition) is 10. The lowest BCUT2D eigenvalue weighted by Gasteiger charge is -2.55. The molecule has 1 fully saturated rings. The van der Waals surface area contributed by atoms with Crippen molar-refractivity contribution < 1.29 is 9.88 Å². The zero-order valence-electron chi connectivity index (χ0n) is 4.24. The summed E-state index contributed by atoms with van der Waals surface area (Å²) in [4.78, 5) is 6.74. The van der Waals surface area contributed by atoms with Crippen LogP contribution in [0.1, 0.15) is 0 Å². The highest BCUT2D eigenvalue weighted by Crippen LogP contribution is 2.10. The highest BCUT2D eigenvalue weighted by atomic mass is 17.3. The van der Waals surface area contributed by atoms with Crippen molar-refractivity contribution in [1.29, 1.82) is 0 Å². The Kier molecular flexibility index (Phi) is 2.07. The number of hydrazine groups is 2. The fourth-order valence-electron chi connectivity index (χ4n) is 0.239. The predicted octanol–water partition coefficient (Wildman–Crippen LogP) is -1.28. The van der Waals surface area contributed by atoms with Crippen LogP contribution in [0.2, 0.25) is 0 Å². The molecule has 0 unspecified atom stereocenters. The van der Waals surface area contributed by atoms with Gasteiger partial charge < -0.3 is 20.8 Å². The SMILES string of the molecule is [O-]N1ON([O-])N([O-])ON1[O-]. The largest absolute Gasteiger partial charge is 0.745 e. The first-order chi connectivity index (χ1) is 4.61. The van der Waals surface area contributed by atoms with E-state index >= 15 is 0 Å². The summed E-state index contributed by atoms with van der Waals surface area (Å²) in [6, 6.07) is 0. The van der Waals surface area contributed by atoms with Crippen LogP contribution in [0.4, 0.5) is 0 Å². The minimum absolute atomic E-state index is 0.860. The maximum Gasteiger partial charge on any atom is -0.155 e. The minimum Gasteiger partial charge on any atom is -0.745 e. The van der Waals surface area contributed by atoms with Crippen molar-refractivity contribution in [3.8, 4) is 0 Å². The lowest BCUT2D eigenvalue weighted by molar-refractivity contribution is -0.599. The Morgan fingerprint density at radius 3 is 1.00 bits per heavy atom. The Morgan fingerprint density at radius 2 is 0.800 bits per heavy atom. The van der Waals surface area contributed by atoms with Crippen LogP contribution < -0.4 is 0 Å². The molecule has 0 aromatic heterocycles. The van der Waals surface area contributed by atoms with Gasteiger partial charge in [0.2, 0.25) is 0 Å². The molecule has 1 rings (SSSR count). The lowest BCUT2D eigenvalue weighted by atomic mass is 12.2. The monoisotopic (exact) mass is 152 g/mol. The number of hydrogen-bond donors (Lipinski definition) is 0. The van der Waals surface area contributed by atoms with E-state index < -0.39 is 21.3 Å². The zero-order chi connectivity index (χ0) is 7.72. The summed E-state index contributed by atoms with van der Waals surface area (Å²) in [5.74, 6) is 0. The molecule has 0 radical (unpaired) electrons. The second kappa shape index (κ2) is 2.69. The third kappa shape index (κ3) is 1.36. The molecule has 0 aromatic carbocycles. The Bertz CT molecular complexity index is 90.3. The fraction of sp³-hybridized carbons (Fsp3) is 0. The van der Waals surface area contributed by atoms with Gasteiger partial charge in [-0.1, -0.05) is 0 Å². The molecule has 0 N–H and O–H groups in total. The van der Waals surface area contributed by atoms with Gasteiger partial charge in [0, 0.05) is 0 Å². The standard InChI is InChI=1S/N4O6/c5-1-2(6)10-4(8)3(7)9-1/q-4. The van der Waals surface area contributed by atoms with Crippen LogP contribution in [0.5, 0.6) is 0 Å². The van der Waals surface area contributed by atoms with E-state index in [4.69, 9.17) is 0 Å². The summed E-state index contributed by atoms with van der Waals surface area (Å²) in [7, 11) is 0. The highest BCUT2D eigenvalue weighted by Gasteiger charge is 2.08. The van der Waals surface area contributed by atoms with Gasteiger partial charge in [-0.25, -0.2) is 9.88 Å². The van der Waals surface area contributed by atoms with Crippen LogP contribution in [-0.2, 0) is 9.88 Å². The molecular formula is N4O6-4. The van der Waals surface area contributed by atoms with Crippen molar-refractivity contribution in [3.05, 3.63) is 20.8 Å². The molecule has 0 bridgehead atoms. The number of nitrogens with zero attached hydrogens (tertiary/aromatic N) is 4. The molecule has 10 heavy (non-hydrogen) atoms. The molecular weight excluding hydrogens is 152 g/mol. The van der Waals surface area contributed by atoms with Crippen LogP contribution in [0.3, 0.4) is 0 Å². The zero-order valence-corrected chi connectivity index (χ0v) is 4.24. The molecule has 1 aliphatic rings. The summed E-state index contributed by atoms with van der Waals surface area (Å²) in [5, 5.41) is 36.3. The molecule has 0 spiro atoms. The molecule has 0 aliphatic carbocycles. The van der Waals surface area contributed by atoms with Gasteiger partial charge in [-0.3, -0.25) is 0 Å². The van der Waals surface area contributed by atoms with Gasteiger partial charge in [0.1, 0.15) is 0 Å². The highest BCUT2D eigenvalue weighted by molar-refractivity contribution is 4.41. The summed E-state index contributed by atoms with van der Waals surface area (Å²) >= 11 is 0. The first kappa shape index (κ1) is 7.70. The van der Waals surface area contributed by atoms with Gasteiger partial charge in [0.15, 0.2) is 0 Å². The Labute approximate surface area is 53.4 Å². The molecule has 10 nitrogen and oxygen atoms in total. The normalized spacial score (nSPS) is 27.6. The van der Waals surface area contributed by atoms with Gasteiger partial charge in [-0.15, -0.1) is 0 Å². The summed E-state index contributed by atoms with van der Waals surface area (Å²) in [5.41, 5.74) is 0. The molecule has 0 aromatic rings. The van der Waals surface area contributed by atoms with Crippen molar-refractivity contribution in [2.24, 2.45) is 0 Å². The van der Waals surface area contributed by atoms with Crippen LogP contribution in [0.25, 0.3) is 0 Å². The molecule has 0 atom stereocenters. The minimum atomic E-state index is -0.860. The Morgan fingerprint density at radius 1 is 0.600 bits per heavy atom. The molecule has 1 aliphatic heterocycles. The topological polar surface area (TPSA) is 124 Å². The average Bonchev–Trinajstić information content (AvgIpc) is 1.84. The van der Waals surface area contributed by atoms with Crippen molar-refractivity contribution in [1.82, 2.24) is 21.3 Å². The quantitative estimate of drug-likeness (QED) is 0.414. The molecule has 0 saturated carbocycles. The van der Waals surface area contributed by atoms with Gasteiger partial charge in [-0.2, -0.15) is 21.3 Å². The fourth-order valence-corrected chi connectivity index (χ4v) is 0.239. The third-order valence-corrected chi connectivity index (χ3v) is 0.546. The van der Waals surface area contributed by atoms with E-state index in [-0.39, 0.29) is 0 Å². The van der Waals surface area contributed by atoms with Gasteiger partial charge in [-0.05, 0) is 0 Å². The average molecular weight is 152 g/mol. The van der Waals surface area contributed by atoms with Crippen molar-refractivity contribution >= 4 is 0 Å². The van der Waals surface area contributed by atoms with Crippen molar-refractivity contribution in [2.75, 3.05) is 0 Å². The predicted molar refractivity (Wildman–Crippen MR) is 23.0 cm³/mol. The van der Waals surface area contributed by atoms with Crippen LogP contribution in [0.15, 0.2) is 0 Å². The first-order valence-corrected chi connectivity index (χ1v) is 1.86. The van der Waals surface area contributed by atoms with Crippen LogP contribution >= 0.6 is 0 Å². The second-order valence-corrected chi connectivity index (χ2v) is 1.11. The Hall–Kier alpha value is -0.400. The van der Waals surface area contributed by atoms with E-state index in [1.165, 1.54) is 0 Å². The van der Waals surface area contributed by atoms with Crippen LogP contribution in [-0.4, -0.2) is 21.3 Å². The molecule has 1 saturated heterocycles. The van der Waals surface area contributed by atoms with Crippen molar-refractivity contribution in [2.45, 2.75) is 0 Å². The van der Waals surface area contributed by atoms with Gasteiger partial charge in [0.25, 0.3) is 0 Å². The third-order valence-electron chi connectivity index (χ3n) is 0.546. The molecule has 0 amide bonds. The maximum atomic E-state index is 9.93. The Balaban J connectivity index is 2.46. The van der Waals surface area contributed by atoms with Crippen molar-refractivity contribution in [3.63, 3.8) is 0 Å². The van der Waals surface area contributed by atoms with E-state index in [0.717, 1.165) is 0 Å². The lowest BCUT2D eigenvalue weighted by Crippen LogP contribution is -2.52. The molecule has 1 heterocycles.